The maximum absolute atomic E-state index is 10.8. The number of fused-ring (bicyclic) bond motifs is 1. The lowest BCUT2D eigenvalue weighted by molar-refractivity contribution is 0.0697. The maximum atomic E-state index is 10.8. The van der Waals surface area contributed by atoms with Gasteiger partial charge in [0.05, 0.1) is 18.2 Å². The fourth-order valence-electron chi connectivity index (χ4n) is 1.43. The van der Waals surface area contributed by atoms with Crippen molar-refractivity contribution < 1.29 is 14.6 Å². The first-order valence-corrected chi connectivity index (χ1v) is 4.38. The largest absolute Gasteiger partial charge is 0.496 e. The van der Waals surface area contributed by atoms with Crippen LogP contribution in [0.1, 0.15) is 10.4 Å². The molecule has 0 saturated carbocycles. The van der Waals surface area contributed by atoms with Crippen molar-refractivity contribution in [2.24, 2.45) is 0 Å². The van der Waals surface area contributed by atoms with Crippen LogP contribution in [0.4, 0.5) is 0 Å². The number of methoxy groups -OCH3 is 1. The van der Waals surface area contributed by atoms with E-state index in [2.05, 4.69) is 4.98 Å². The predicted octanol–water partition coefficient (Wildman–Crippen LogP) is 1.94. The van der Waals surface area contributed by atoms with E-state index in [1.165, 1.54) is 6.07 Å². The van der Waals surface area contributed by atoms with E-state index < -0.39 is 5.97 Å². The molecule has 0 saturated heterocycles. The van der Waals surface area contributed by atoms with Gasteiger partial charge in [-0.25, -0.2) is 4.79 Å². The van der Waals surface area contributed by atoms with Crippen LogP contribution in [0.25, 0.3) is 10.9 Å². The van der Waals surface area contributed by atoms with Crippen molar-refractivity contribution in [3.63, 3.8) is 0 Å². The molecule has 2 aromatic rings. The molecule has 0 bridgehead atoms. The molecule has 0 radical (unpaired) electrons. The summed E-state index contributed by atoms with van der Waals surface area (Å²) in [5.74, 6) is -0.328. The Labute approximate surface area is 86.1 Å². The highest BCUT2D eigenvalue weighted by molar-refractivity contribution is 5.95. The van der Waals surface area contributed by atoms with E-state index in [0.29, 0.717) is 11.1 Å². The first kappa shape index (κ1) is 9.45. The van der Waals surface area contributed by atoms with E-state index in [1.54, 1.807) is 31.5 Å². The van der Waals surface area contributed by atoms with Crippen molar-refractivity contribution in [1.29, 1.82) is 0 Å². The van der Waals surface area contributed by atoms with E-state index in [-0.39, 0.29) is 5.56 Å². The van der Waals surface area contributed by atoms with Gasteiger partial charge in [-0.3, -0.25) is 4.98 Å². The smallest absolute Gasteiger partial charge is 0.335 e. The summed E-state index contributed by atoms with van der Waals surface area (Å²) >= 11 is 0. The number of pyridine rings is 1. The molecule has 0 amide bonds. The third kappa shape index (κ3) is 1.61. The Bertz CT molecular complexity index is 522. The lowest BCUT2D eigenvalue weighted by Crippen LogP contribution is -1.96. The fraction of sp³-hybridized carbons (Fsp3) is 0.0909. The van der Waals surface area contributed by atoms with Crippen LogP contribution in [-0.2, 0) is 0 Å². The molecular formula is C11H9NO3. The monoisotopic (exact) mass is 203 g/mol. The van der Waals surface area contributed by atoms with E-state index in [9.17, 15) is 4.79 Å². The van der Waals surface area contributed by atoms with Gasteiger partial charge in [-0.1, -0.05) is 0 Å². The summed E-state index contributed by atoms with van der Waals surface area (Å²) in [7, 11) is 1.54. The fourth-order valence-corrected chi connectivity index (χ4v) is 1.43. The average molecular weight is 203 g/mol. The summed E-state index contributed by atoms with van der Waals surface area (Å²) in [5.41, 5.74) is 0.952. The molecular weight excluding hydrogens is 194 g/mol. The Balaban J connectivity index is 2.72. The Morgan fingerprint density at radius 3 is 2.87 bits per heavy atom. The molecule has 0 fully saturated rings. The molecule has 0 aliphatic heterocycles. The van der Waals surface area contributed by atoms with Gasteiger partial charge in [0.25, 0.3) is 0 Å². The number of aromatic carboxylic acids is 1. The van der Waals surface area contributed by atoms with Gasteiger partial charge in [0, 0.05) is 11.6 Å². The van der Waals surface area contributed by atoms with Gasteiger partial charge < -0.3 is 9.84 Å². The van der Waals surface area contributed by atoms with Crippen LogP contribution in [0.15, 0.2) is 30.5 Å². The summed E-state index contributed by atoms with van der Waals surface area (Å²) < 4.78 is 5.13. The Hall–Kier alpha value is -2.10. The molecule has 1 aromatic heterocycles. The molecule has 15 heavy (non-hydrogen) atoms. The minimum atomic E-state index is -0.956. The number of hydrogen-bond acceptors (Lipinski definition) is 3. The lowest BCUT2D eigenvalue weighted by atomic mass is 10.1. The van der Waals surface area contributed by atoms with E-state index in [4.69, 9.17) is 9.84 Å². The minimum Gasteiger partial charge on any atom is -0.496 e. The van der Waals surface area contributed by atoms with Gasteiger partial charge in [-0.05, 0) is 24.3 Å². The van der Waals surface area contributed by atoms with Gasteiger partial charge in [0.15, 0.2) is 0 Å². The lowest BCUT2D eigenvalue weighted by Gasteiger charge is -2.04. The second kappa shape index (κ2) is 3.57. The van der Waals surface area contributed by atoms with Crippen molar-refractivity contribution in [1.82, 2.24) is 4.98 Å². The molecule has 76 valence electrons. The molecule has 0 aliphatic carbocycles. The quantitative estimate of drug-likeness (QED) is 0.810. The van der Waals surface area contributed by atoms with Crippen molar-refractivity contribution in [3.05, 3.63) is 36.0 Å². The summed E-state index contributed by atoms with van der Waals surface area (Å²) in [6, 6.07) is 6.45. The Kier molecular flexibility index (Phi) is 2.25. The van der Waals surface area contributed by atoms with Gasteiger partial charge in [-0.2, -0.15) is 0 Å². The standard InChI is InChI=1S/C11H9NO3/c1-15-10-4-5-12-9-3-2-7(11(13)14)6-8(9)10/h2-6H,1H3,(H,13,14). The van der Waals surface area contributed by atoms with E-state index in [1.807, 2.05) is 0 Å². The van der Waals surface area contributed by atoms with Gasteiger partial charge >= 0.3 is 5.97 Å². The highest BCUT2D eigenvalue weighted by Gasteiger charge is 2.07. The third-order valence-electron chi connectivity index (χ3n) is 2.17. The number of nitrogens with zero attached hydrogens (tertiary/aromatic N) is 1. The molecule has 1 heterocycles. The van der Waals surface area contributed by atoms with Crippen LogP contribution < -0.4 is 4.74 Å². The van der Waals surface area contributed by atoms with E-state index >= 15 is 0 Å². The van der Waals surface area contributed by atoms with Gasteiger partial charge in [-0.15, -0.1) is 0 Å². The molecule has 0 unspecified atom stereocenters. The van der Waals surface area contributed by atoms with Crippen LogP contribution in [-0.4, -0.2) is 23.2 Å². The Morgan fingerprint density at radius 2 is 2.20 bits per heavy atom. The van der Waals surface area contributed by atoms with Crippen molar-refractivity contribution in [3.8, 4) is 5.75 Å². The summed E-state index contributed by atoms with van der Waals surface area (Å²) in [6.45, 7) is 0. The number of hydrogen-bond donors (Lipinski definition) is 1. The first-order chi connectivity index (χ1) is 7.22. The van der Waals surface area contributed by atoms with Crippen LogP contribution in [0.2, 0.25) is 0 Å². The third-order valence-corrected chi connectivity index (χ3v) is 2.17. The molecule has 4 heteroatoms. The van der Waals surface area contributed by atoms with Crippen LogP contribution in [0, 0.1) is 0 Å². The summed E-state index contributed by atoms with van der Waals surface area (Å²) in [6.07, 6.45) is 1.63. The van der Waals surface area contributed by atoms with Crippen LogP contribution in [0.3, 0.4) is 0 Å². The number of carboxylic acids is 1. The zero-order chi connectivity index (χ0) is 10.8. The SMILES string of the molecule is COc1ccnc2ccc(C(=O)O)cc12. The highest BCUT2D eigenvalue weighted by Crippen LogP contribution is 2.24. The zero-order valence-electron chi connectivity index (χ0n) is 8.10. The number of ether oxygens (including phenoxy) is 1. The number of aromatic nitrogens is 1. The Morgan fingerprint density at radius 1 is 1.40 bits per heavy atom. The molecule has 4 nitrogen and oxygen atoms in total. The molecule has 0 atom stereocenters. The highest BCUT2D eigenvalue weighted by atomic mass is 16.5. The molecule has 2 rings (SSSR count). The van der Waals surface area contributed by atoms with Crippen molar-refractivity contribution >= 4 is 16.9 Å². The summed E-state index contributed by atoms with van der Waals surface area (Å²) in [5, 5.41) is 9.55. The average Bonchev–Trinajstić information content (AvgIpc) is 2.27. The predicted molar refractivity (Wildman–Crippen MR) is 55.3 cm³/mol. The normalized spacial score (nSPS) is 10.2. The molecule has 1 N–H and O–H groups in total. The minimum absolute atomic E-state index is 0.230. The van der Waals surface area contributed by atoms with Gasteiger partial charge in [0.2, 0.25) is 0 Å². The van der Waals surface area contributed by atoms with E-state index in [0.717, 1.165) is 5.52 Å². The van der Waals surface area contributed by atoms with Crippen molar-refractivity contribution in [2.45, 2.75) is 0 Å². The van der Waals surface area contributed by atoms with Crippen LogP contribution >= 0.6 is 0 Å². The first-order valence-electron chi connectivity index (χ1n) is 4.38. The molecule has 0 aliphatic rings. The second-order valence-corrected chi connectivity index (χ2v) is 3.05. The number of carboxylic acid groups (broad SMARTS) is 1. The van der Waals surface area contributed by atoms with Crippen molar-refractivity contribution in [2.75, 3.05) is 7.11 Å². The topological polar surface area (TPSA) is 59.4 Å². The number of carbonyl (C=O) groups is 1. The van der Waals surface area contributed by atoms with Gasteiger partial charge in [0.1, 0.15) is 5.75 Å². The molecule has 0 spiro atoms. The van der Waals surface area contributed by atoms with Crippen LogP contribution in [0.5, 0.6) is 5.75 Å². The molecule has 1 aromatic carbocycles. The number of rotatable bonds is 2. The number of benzene rings is 1. The maximum Gasteiger partial charge on any atom is 0.335 e. The summed E-state index contributed by atoms with van der Waals surface area (Å²) in [4.78, 5) is 14.9. The zero-order valence-corrected chi connectivity index (χ0v) is 8.10. The second-order valence-electron chi connectivity index (χ2n) is 3.05.